The van der Waals surface area contributed by atoms with E-state index in [4.69, 9.17) is 18.9 Å². The van der Waals surface area contributed by atoms with E-state index < -0.39 is 34.7 Å². The Morgan fingerprint density at radius 2 is 0.735 bits per heavy atom. The van der Waals surface area contributed by atoms with Gasteiger partial charge in [-0.3, -0.25) is 19.2 Å². The van der Waals surface area contributed by atoms with Crippen LogP contribution in [0.5, 0.6) is 23.0 Å². The summed E-state index contributed by atoms with van der Waals surface area (Å²) in [6, 6.07) is 7.00. The molecule has 178 valence electrons. The van der Waals surface area contributed by atoms with Crippen LogP contribution in [0.25, 0.3) is 0 Å². The molecule has 2 aromatic carbocycles. The lowest BCUT2D eigenvalue weighted by Crippen LogP contribution is -2.46. The third-order valence-electron chi connectivity index (χ3n) is 6.69. The van der Waals surface area contributed by atoms with Crippen LogP contribution in [0.4, 0.5) is 0 Å². The molecule has 0 aliphatic heterocycles. The second kappa shape index (κ2) is 7.97. The number of benzene rings is 2. The fraction of sp³-hybridized carbons (Fsp3) is 0.385. The van der Waals surface area contributed by atoms with E-state index in [0.29, 0.717) is 0 Å². The summed E-state index contributed by atoms with van der Waals surface area (Å²) < 4.78 is 21.5. The van der Waals surface area contributed by atoms with E-state index >= 15 is 0 Å². The molecule has 3 aliphatic rings. The Bertz CT molecular complexity index is 1070. The third kappa shape index (κ3) is 3.73. The van der Waals surface area contributed by atoms with Crippen molar-refractivity contribution < 1.29 is 38.1 Å². The molecule has 34 heavy (non-hydrogen) atoms. The van der Waals surface area contributed by atoms with E-state index in [9.17, 15) is 19.2 Å². The molecule has 2 aromatic rings. The summed E-state index contributed by atoms with van der Waals surface area (Å²) in [7, 11) is 0. The van der Waals surface area contributed by atoms with Crippen molar-refractivity contribution in [3.05, 3.63) is 46.5 Å². The van der Waals surface area contributed by atoms with Gasteiger partial charge in [0.05, 0.1) is 0 Å². The van der Waals surface area contributed by atoms with Crippen LogP contribution in [-0.2, 0) is 30.0 Å². The SMILES string of the molecule is CC(=O)Oc1cc2c(cc1OC(C)=O)C1(C)CCC2(C)c2cc(OC(C)=O)c(OC(C)=O)cc21. The number of esters is 4. The minimum atomic E-state index is -0.533. The first kappa shape index (κ1) is 23.5. The summed E-state index contributed by atoms with van der Waals surface area (Å²) in [5, 5.41) is 0. The van der Waals surface area contributed by atoms with Crippen molar-refractivity contribution in [1.29, 1.82) is 0 Å². The quantitative estimate of drug-likeness (QED) is 0.490. The third-order valence-corrected chi connectivity index (χ3v) is 6.69. The molecule has 0 saturated heterocycles. The number of hydrogen-bond donors (Lipinski definition) is 0. The molecule has 0 fully saturated rings. The lowest BCUT2D eigenvalue weighted by Gasteiger charge is -2.53. The molecule has 8 heteroatoms. The van der Waals surface area contributed by atoms with E-state index in [1.54, 1.807) is 24.3 Å². The zero-order chi connectivity index (χ0) is 25.0. The van der Waals surface area contributed by atoms with Crippen LogP contribution in [0.2, 0.25) is 0 Å². The molecule has 0 amide bonds. The highest BCUT2D eigenvalue weighted by Gasteiger charge is 2.52. The van der Waals surface area contributed by atoms with Gasteiger partial charge in [0.2, 0.25) is 0 Å². The molecular formula is C26H26O8. The first-order chi connectivity index (χ1) is 15.8. The monoisotopic (exact) mass is 466 g/mol. The molecule has 0 spiro atoms. The highest BCUT2D eigenvalue weighted by Crippen LogP contribution is 2.62. The Hall–Kier alpha value is -3.68. The minimum Gasteiger partial charge on any atom is -0.423 e. The van der Waals surface area contributed by atoms with Gasteiger partial charge in [-0.05, 0) is 59.4 Å². The Balaban J connectivity index is 1.98. The molecule has 0 saturated carbocycles. The Kier molecular flexibility index (Phi) is 5.50. The van der Waals surface area contributed by atoms with Gasteiger partial charge in [-0.15, -0.1) is 0 Å². The topological polar surface area (TPSA) is 105 Å². The smallest absolute Gasteiger partial charge is 0.308 e. The summed E-state index contributed by atoms with van der Waals surface area (Å²) in [4.78, 5) is 47.0. The number of fused-ring (bicyclic) bond motifs is 1. The van der Waals surface area contributed by atoms with E-state index in [1.807, 2.05) is 0 Å². The van der Waals surface area contributed by atoms with Crippen LogP contribution in [0.3, 0.4) is 0 Å². The second-order valence-electron chi connectivity index (χ2n) is 9.23. The van der Waals surface area contributed by atoms with Crippen molar-refractivity contribution in [2.24, 2.45) is 0 Å². The highest BCUT2D eigenvalue weighted by molar-refractivity contribution is 5.78. The molecule has 8 nitrogen and oxygen atoms in total. The Morgan fingerprint density at radius 3 is 0.912 bits per heavy atom. The summed E-state index contributed by atoms with van der Waals surface area (Å²) in [5.41, 5.74) is 2.67. The molecule has 0 atom stereocenters. The van der Waals surface area contributed by atoms with Crippen LogP contribution in [0.15, 0.2) is 24.3 Å². The summed E-state index contributed by atoms with van der Waals surface area (Å²) in [5.74, 6) is -1.48. The zero-order valence-corrected chi connectivity index (χ0v) is 20.0. The standard InChI is InChI=1S/C26H26O8/c1-13(27)31-21-9-17-18(10-22(21)32-14(2)28)26(6)8-7-25(17,5)19-11-23(33-15(3)29)24(12-20(19)26)34-16(4)30/h9-12H,7-8H2,1-6H3. The van der Waals surface area contributed by atoms with Crippen molar-refractivity contribution >= 4 is 23.9 Å². The van der Waals surface area contributed by atoms with Crippen LogP contribution < -0.4 is 18.9 Å². The van der Waals surface area contributed by atoms with Crippen molar-refractivity contribution in [2.45, 2.75) is 65.2 Å². The largest absolute Gasteiger partial charge is 0.423 e. The van der Waals surface area contributed by atoms with Crippen LogP contribution >= 0.6 is 0 Å². The zero-order valence-electron chi connectivity index (χ0n) is 20.0. The van der Waals surface area contributed by atoms with Crippen LogP contribution in [0.1, 0.15) is 76.6 Å². The predicted molar refractivity (Wildman–Crippen MR) is 120 cm³/mol. The molecule has 3 aliphatic carbocycles. The predicted octanol–water partition coefficient (Wildman–Crippen LogP) is 4.11. The van der Waals surface area contributed by atoms with E-state index in [-0.39, 0.29) is 23.0 Å². The fourth-order valence-electron chi connectivity index (χ4n) is 5.21. The summed E-state index contributed by atoms with van der Waals surface area (Å²) >= 11 is 0. The molecule has 0 unspecified atom stereocenters. The Labute approximate surface area is 197 Å². The lowest BCUT2D eigenvalue weighted by atomic mass is 9.50. The highest BCUT2D eigenvalue weighted by atomic mass is 16.6. The molecule has 5 rings (SSSR count). The van der Waals surface area contributed by atoms with Gasteiger partial charge in [-0.25, -0.2) is 0 Å². The molecular weight excluding hydrogens is 440 g/mol. The maximum atomic E-state index is 11.7. The van der Waals surface area contributed by atoms with Crippen LogP contribution in [-0.4, -0.2) is 23.9 Å². The lowest BCUT2D eigenvalue weighted by molar-refractivity contribution is -0.134. The fourth-order valence-corrected chi connectivity index (χ4v) is 5.21. The average Bonchev–Trinajstić information content (AvgIpc) is 2.70. The maximum Gasteiger partial charge on any atom is 0.308 e. The van der Waals surface area contributed by atoms with Crippen molar-refractivity contribution in [3.8, 4) is 23.0 Å². The van der Waals surface area contributed by atoms with Gasteiger partial charge in [0.25, 0.3) is 0 Å². The van der Waals surface area contributed by atoms with Gasteiger partial charge in [0.1, 0.15) is 0 Å². The van der Waals surface area contributed by atoms with Gasteiger partial charge >= 0.3 is 23.9 Å². The number of ether oxygens (including phenoxy) is 4. The van der Waals surface area contributed by atoms with Gasteiger partial charge in [-0.1, -0.05) is 13.8 Å². The summed E-state index contributed by atoms with van der Waals surface area (Å²) in [6.45, 7) is 9.25. The minimum absolute atomic E-state index is 0.164. The van der Waals surface area contributed by atoms with Gasteiger partial charge in [0.15, 0.2) is 23.0 Å². The van der Waals surface area contributed by atoms with E-state index in [0.717, 1.165) is 35.1 Å². The maximum absolute atomic E-state index is 11.7. The van der Waals surface area contributed by atoms with Crippen LogP contribution in [0, 0.1) is 0 Å². The Morgan fingerprint density at radius 1 is 0.529 bits per heavy atom. The van der Waals surface area contributed by atoms with E-state index in [1.165, 1.54) is 27.7 Å². The van der Waals surface area contributed by atoms with Crippen molar-refractivity contribution in [3.63, 3.8) is 0 Å². The number of hydrogen-bond acceptors (Lipinski definition) is 8. The molecule has 0 heterocycles. The van der Waals surface area contributed by atoms with Crippen molar-refractivity contribution in [1.82, 2.24) is 0 Å². The normalized spacial score (nSPS) is 21.7. The number of rotatable bonds is 4. The molecule has 2 bridgehead atoms. The first-order valence-corrected chi connectivity index (χ1v) is 11.0. The molecule has 0 N–H and O–H groups in total. The van der Waals surface area contributed by atoms with Crippen molar-refractivity contribution in [2.75, 3.05) is 0 Å². The first-order valence-electron chi connectivity index (χ1n) is 11.0. The van der Waals surface area contributed by atoms with E-state index in [2.05, 4.69) is 13.8 Å². The second-order valence-corrected chi connectivity index (χ2v) is 9.23. The van der Waals surface area contributed by atoms with Gasteiger partial charge in [-0.2, -0.15) is 0 Å². The summed E-state index contributed by atoms with van der Waals surface area (Å²) in [6.07, 6.45) is 1.56. The molecule has 0 aromatic heterocycles. The number of carbonyl (C=O) groups excluding carboxylic acids is 4. The molecule has 0 radical (unpaired) electrons. The van der Waals surface area contributed by atoms with Gasteiger partial charge < -0.3 is 18.9 Å². The number of carbonyl (C=O) groups is 4. The average molecular weight is 466 g/mol. The van der Waals surface area contributed by atoms with Gasteiger partial charge in [0, 0.05) is 38.5 Å².